The van der Waals surface area contributed by atoms with Gasteiger partial charge < -0.3 is 5.73 Å². The molecule has 7 heteroatoms. The van der Waals surface area contributed by atoms with Crippen LogP contribution in [-0.2, 0) is 10.0 Å². The number of sulfonamides is 1. The maximum Gasteiger partial charge on any atom is 0.264 e. The number of nitrogen functional groups attached to an aromatic ring is 1. The van der Waals surface area contributed by atoms with Gasteiger partial charge in [-0.15, -0.1) is 0 Å². The third-order valence-electron chi connectivity index (χ3n) is 2.61. The van der Waals surface area contributed by atoms with Crippen LogP contribution in [0.1, 0.15) is 5.56 Å². The SMILES string of the molecule is Cc1cccc(NS(=O)(=O)c2cc(N)c(Br)cc2F)c1. The highest BCUT2D eigenvalue weighted by Crippen LogP contribution is 2.27. The van der Waals surface area contributed by atoms with Gasteiger partial charge in [0.2, 0.25) is 0 Å². The van der Waals surface area contributed by atoms with Crippen LogP contribution in [0.3, 0.4) is 0 Å². The second-order valence-electron chi connectivity index (χ2n) is 4.28. The van der Waals surface area contributed by atoms with Gasteiger partial charge in [-0.2, -0.15) is 0 Å². The van der Waals surface area contributed by atoms with Crippen molar-refractivity contribution < 1.29 is 12.8 Å². The Kier molecular flexibility index (Phi) is 4.01. The molecule has 0 aliphatic carbocycles. The van der Waals surface area contributed by atoms with Crippen LogP contribution in [0.2, 0.25) is 0 Å². The number of anilines is 2. The van der Waals surface area contributed by atoms with E-state index in [4.69, 9.17) is 5.73 Å². The predicted octanol–water partition coefficient (Wildman–Crippen LogP) is 3.28. The monoisotopic (exact) mass is 358 g/mol. The molecule has 2 rings (SSSR count). The van der Waals surface area contributed by atoms with E-state index in [0.717, 1.165) is 17.7 Å². The van der Waals surface area contributed by atoms with Crippen LogP contribution >= 0.6 is 15.9 Å². The average molecular weight is 359 g/mol. The maximum atomic E-state index is 13.8. The molecule has 0 heterocycles. The Labute approximate surface area is 125 Å². The molecular weight excluding hydrogens is 347 g/mol. The molecule has 2 aromatic carbocycles. The van der Waals surface area contributed by atoms with Crippen molar-refractivity contribution in [1.29, 1.82) is 0 Å². The molecule has 4 nitrogen and oxygen atoms in total. The highest BCUT2D eigenvalue weighted by molar-refractivity contribution is 9.10. The van der Waals surface area contributed by atoms with Crippen molar-refractivity contribution in [3.8, 4) is 0 Å². The second-order valence-corrected chi connectivity index (χ2v) is 6.78. The van der Waals surface area contributed by atoms with Crippen molar-refractivity contribution in [2.45, 2.75) is 11.8 Å². The maximum absolute atomic E-state index is 13.8. The van der Waals surface area contributed by atoms with Crippen molar-refractivity contribution in [2.75, 3.05) is 10.5 Å². The number of aryl methyl sites for hydroxylation is 1. The lowest BCUT2D eigenvalue weighted by molar-refractivity contribution is 0.570. The minimum Gasteiger partial charge on any atom is -0.398 e. The lowest BCUT2D eigenvalue weighted by atomic mass is 10.2. The predicted molar refractivity (Wildman–Crippen MR) is 80.5 cm³/mol. The first-order valence-corrected chi connectivity index (χ1v) is 7.91. The van der Waals surface area contributed by atoms with Crippen molar-refractivity contribution in [2.24, 2.45) is 0 Å². The number of hydrogen-bond donors (Lipinski definition) is 2. The zero-order valence-electron chi connectivity index (χ0n) is 10.5. The Bertz CT molecular complexity index is 763. The van der Waals surface area contributed by atoms with Crippen LogP contribution < -0.4 is 10.5 Å². The highest BCUT2D eigenvalue weighted by atomic mass is 79.9. The zero-order chi connectivity index (χ0) is 14.9. The number of nitrogens with one attached hydrogen (secondary N) is 1. The smallest absolute Gasteiger partial charge is 0.264 e. The van der Waals surface area contributed by atoms with E-state index < -0.39 is 20.7 Å². The summed E-state index contributed by atoms with van der Waals surface area (Å²) in [6.07, 6.45) is 0. The lowest BCUT2D eigenvalue weighted by Gasteiger charge is -2.10. The van der Waals surface area contributed by atoms with E-state index in [-0.39, 0.29) is 5.69 Å². The van der Waals surface area contributed by atoms with Gasteiger partial charge in [0, 0.05) is 15.8 Å². The minimum absolute atomic E-state index is 0.149. The van der Waals surface area contributed by atoms with Gasteiger partial charge in [-0.1, -0.05) is 12.1 Å². The van der Waals surface area contributed by atoms with Crippen molar-refractivity contribution >= 4 is 37.3 Å². The molecule has 0 saturated heterocycles. The van der Waals surface area contributed by atoms with E-state index in [0.29, 0.717) is 10.2 Å². The van der Waals surface area contributed by atoms with E-state index in [1.165, 1.54) is 0 Å². The number of nitrogens with two attached hydrogens (primary N) is 1. The van der Waals surface area contributed by atoms with Gasteiger partial charge in [-0.05, 0) is 52.7 Å². The molecule has 0 fully saturated rings. The highest BCUT2D eigenvalue weighted by Gasteiger charge is 2.20. The molecule has 2 aromatic rings. The third kappa shape index (κ3) is 3.10. The lowest BCUT2D eigenvalue weighted by Crippen LogP contribution is -2.15. The van der Waals surface area contributed by atoms with E-state index in [9.17, 15) is 12.8 Å². The molecule has 0 unspecified atom stereocenters. The zero-order valence-corrected chi connectivity index (χ0v) is 12.9. The largest absolute Gasteiger partial charge is 0.398 e. The first kappa shape index (κ1) is 14.8. The molecule has 0 aliphatic rings. The van der Waals surface area contributed by atoms with E-state index in [1.807, 2.05) is 13.0 Å². The van der Waals surface area contributed by atoms with Crippen LogP contribution in [-0.4, -0.2) is 8.42 Å². The molecular formula is C13H12BrFN2O2S. The summed E-state index contributed by atoms with van der Waals surface area (Å²) in [7, 11) is -4.03. The molecule has 0 bridgehead atoms. The van der Waals surface area contributed by atoms with E-state index in [2.05, 4.69) is 20.7 Å². The summed E-state index contributed by atoms with van der Waals surface area (Å²) in [5.74, 6) is -0.869. The van der Waals surface area contributed by atoms with Crippen molar-refractivity contribution in [3.05, 3.63) is 52.3 Å². The third-order valence-corrected chi connectivity index (χ3v) is 4.69. The van der Waals surface area contributed by atoms with Gasteiger partial charge in [0.25, 0.3) is 10.0 Å². The molecule has 0 atom stereocenters. The van der Waals surface area contributed by atoms with Gasteiger partial charge in [-0.3, -0.25) is 4.72 Å². The number of hydrogen-bond acceptors (Lipinski definition) is 3. The fourth-order valence-corrected chi connectivity index (χ4v) is 3.13. The van der Waals surface area contributed by atoms with E-state index >= 15 is 0 Å². The number of rotatable bonds is 3. The molecule has 0 radical (unpaired) electrons. The normalized spacial score (nSPS) is 11.3. The molecule has 0 saturated carbocycles. The van der Waals surface area contributed by atoms with Crippen LogP contribution in [0.25, 0.3) is 0 Å². The molecule has 0 aromatic heterocycles. The summed E-state index contributed by atoms with van der Waals surface area (Å²) < 4.78 is 40.8. The van der Waals surface area contributed by atoms with Crippen molar-refractivity contribution in [3.63, 3.8) is 0 Å². The number of benzene rings is 2. The average Bonchev–Trinajstić information content (AvgIpc) is 2.33. The summed E-state index contributed by atoms with van der Waals surface area (Å²) in [5.41, 5.74) is 7.00. The van der Waals surface area contributed by atoms with Crippen LogP contribution in [0, 0.1) is 12.7 Å². The topological polar surface area (TPSA) is 72.2 Å². The fraction of sp³-hybridized carbons (Fsp3) is 0.0769. The molecule has 0 amide bonds. The summed E-state index contributed by atoms with van der Waals surface area (Å²) in [6, 6.07) is 8.88. The Morgan fingerprint density at radius 1 is 1.25 bits per heavy atom. The molecule has 20 heavy (non-hydrogen) atoms. The summed E-state index contributed by atoms with van der Waals surface area (Å²) in [5, 5.41) is 0. The second kappa shape index (κ2) is 5.41. The van der Waals surface area contributed by atoms with Gasteiger partial charge >= 0.3 is 0 Å². The Morgan fingerprint density at radius 2 is 1.95 bits per heavy atom. The van der Waals surface area contributed by atoms with Gasteiger partial charge in [0.1, 0.15) is 10.7 Å². The molecule has 0 aliphatic heterocycles. The van der Waals surface area contributed by atoms with Crippen LogP contribution in [0.15, 0.2) is 45.8 Å². The quantitative estimate of drug-likeness (QED) is 0.827. The first-order chi connectivity index (χ1) is 9.29. The summed E-state index contributed by atoms with van der Waals surface area (Å²) in [4.78, 5) is -0.486. The molecule has 0 spiro atoms. The molecule has 106 valence electrons. The van der Waals surface area contributed by atoms with Gasteiger partial charge in [0.15, 0.2) is 0 Å². The fourth-order valence-electron chi connectivity index (χ4n) is 1.67. The minimum atomic E-state index is -4.03. The Morgan fingerprint density at radius 3 is 2.60 bits per heavy atom. The molecule has 3 N–H and O–H groups in total. The van der Waals surface area contributed by atoms with Crippen LogP contribution in [0.4, 0.5) is 15.8 Å². The van der Waals surface area contributed by atoms with E-state index in [1.54, 1.807) is 18.2 Å². The Balaban J connectivity index is 2.43. The standard InChI is InChI=1S/C13H12BrFN2O2S/c1-8-3-2-4-9(5-8)17-20(18,19)13-7-12(16)10(14)6-11(13)15/h2-7,17H,16H2,1H3. The number of halogens is 2. The summed E-state index contributed by atoms with van der Waals surface area (Å²) in [6.45, 7) is 1.83. The van der Waals surface area contributed by atoms with Crippen LogP contribution in [0.5, 0.6) is 0 Å². The van der Waals surface area contributed by atoms with Crippen molar-refractivity contribution in [1.82, 2.24) is 0 Å². The Hall–Kier alpha value is -1.60. The summed E-state index contributed by atoms with van der Waals surface area (Å²) >= 11 is 3.04. The van der Waals surface area contributed by atoms with Gasteiger partial charge in [-0.25, -0.2) is 12.8 Å². The first-order valence-electron chi connectivity index (χ1n) is 5.63. The van der Waals surface area contributed by atoms with Gasteiger partial charge in [0.05, 0.1) is 0 Å².